The molecule has 4 atom stereocenters. The van der Waals surface area contributed by atoms with Gasteiger partial charge in [-0.3, -0.25) is 0 Å². The summed E-state index contributed by atoms with van der Waals surface area (Å²) in [7, 11) is 0. The van der Waals surface area contributed by atoms with E-state index in [-0.39, 0.29) is 25.4 Å². The molecule has 0 aliphatic carbocycles. The normalized spacial score (nSPS) is 16.1. The third-order valence-corrected chi connectivity index (χ3v) is 3.24. The first-order valence-corrected chi connectivity index (χ1v) is 9.03. The van der Waals surface area contributed by atoms with Crippen LogP contribution in [0, 0.1) is 0 Å². The van der Waals surface area contributed by atoms with Gasteiger partial charge in [-0.25, -0.2) is 9.59 Å². The second-order valence-electron chi connectivity index (χ2n) is 6.05. The highest BCUT2D eigenvalue weighted by atomic mass is 16.6. The molecular formula is C18H34O7. The Morgan fingerprint density at radius 1 is 0.680 bits per heavy atom. The van der Waals surface area contributed by atoms with E-state index >= 15 is 0 Å². The van der Waals surface area contributed by atoms with Crippen LogP contribution in [0.5, 0.6) is 0 Å². The highest BCUT2D eigenvalue weighted by molar-refractivity contribution is 5.89. The van der Waals surface area contributed by atoms with Gasteiger partial charge in [-0.2, -0.15) is 0 Å². The summed E-state index contributed by atoms with van der Waals surface area (Å²) in [5.41, 5.74) is 0. The minimum absolute atomic E-state index is 0.127. The summed E-state index contributed by atoms with van der Waals surface area (Å²) < 4.78 is 26.4. The summed E-state index contributed by atoms with van der Waals surface area (Å²) in [5, 5.41) is 0. The van der Waals surface area contributed by atoms with E-state index in [0.29, 0.717) is 13.2 Å². The van der Waals surface area contributed by atoms with E-state index < -0.39 is 24.1 Å². The van der Waals surface area contributed by atoms with Gasteiger partial charge in [0, 0.05) is 13.2 Å². The Labute approximate surface area is 151 Å². The van der Waals surface area contributed by atoms with Crippen LogP contribution in [0.4, 0.5) is 0 Å². The van der Waals surface area contributed by atoms with Crippen LogP contribution in [0.15, 0.2) is 0 Å². The number of carbonyl (C=O) groups is 2. The number of ether oxygens (including phenoxy) is 5. The van der Waals surface area contributed by atoms with Crippen molar-refractivity contribution in [3.63, 3.8) is 0 Å². The molecule has 0 radical (unpaired) electrons. The third-order valence-electron chi connectivity index (χ3n) is 3.24. The summed E-state index contributed by atoms with van der Waals surface area (Å²) in [6, 6.07) is 0. The van der Waals surface area contributed by atoms with E-state index in [0.717, 1.165) is 12.8 Å². The number of rotatable bonds is 14. The van der Waals surface area contributed by atoms with Crippen molar-refractivity contribution in [1.29, 1.82) is 0 Å². The van der Waals surface area contributed by atoms with Crippen molar-refractivity contribution in [3.05, 3.63) is 0 Å². The maximum absolute atomic E-state index is 11.9. The van der Waals surface area contributed by atoms with Crippen LogP contribution in [0.3, 0.4) is 0 Å². The minimum atomic E-state index is -0.851. The number of hydrogen-bond donors (Lipinski definition) is 0. The van der Waals surface area contributed by atoms with Gasteiger partial charge in [0.05, 0.1) is 25.4 Å². The Kier molecular flexibility index (Phi) is 13.6. The second kappa shape index (κ2) is 14.2. The first kappa shape index (κ1) is 24.0. The Morgan fingerprint density at radius 3 is 1.36 bits per heavy atom. The van der Waals surface area contributed by atoms with Crippen molar-refractivity contribution >= 4 is 11.9 Å². The van der Waals surface area contributed by atoms with Gasteiger partial charge in [0.25, 0.3) is 0 Å². The van der Waals surface area contributed by atoms with E-state index in [1.165, 1.54) is 13.8 Å². The zero-order chi connectivity index (χ0) is 19.2. The molecule has 4 unspecified atom stereocenters. The maximum Gasteiger partial charge on any atom is 0.342 e. The summed E-state index contributed by atoms with van der Waals surface area (Å²) in [4.78, 5) is 23.7. The van der Waals surface area contributed by atoms with Crippen molar-refractivity contribution in [1.82, 2.24) is 0 Å². The van der Waals surface area contributed by atoms with Crippen LogP contribution in [0.1, 0.15) is 54.4 Å². The van der Waals surface area contributed by atoms with Gasteiger partial charge in [0.15, 0.2) is 12.2 Å². The van der Waals surface area contributed by atoms with Crippen LogP contribution < -0.4 is 0 Å². The van der Waals surface area contributed by atoms with E-state index in [1.807, 2.05) is 27.7 Å². The van der Waals surface area contributed by atoms with Crippen molar-refractivity contribution in [2.75, 3.05) is 26.4 Å². The maximum atomic E-state index is 11.9. The predicted octanol–water partition coefficient (Wildman–Crippen LogP) is 2.50. The SMILES string of the molecule is CCCOC(C)COC(C)C(=O)OC(=O)C(C)OCC(C)OCCC. The van der Waals surface area contributed by atoms with Gasteiger partial charge in [0.1, 0.15) is 0 Å². The Bertz CT molecular complexity index is 338. The molecule has 0 spiro atoms. The fraction of sp³-hybridized carbons (Fsp3) is 0.889. The topological polar surface area (TPSA) is 80.3 Å². The van der Waals surface area contributed by atoms with E-state index in [2.05, 4.69) is 0 Å². The molecule has 0 aliphatic heterocycles. The first-order chi connectivity index (χ1) is 11.8. The molecule has 0 bridgehead atoms. The molecule has 0 aliphatic rings. The van der Waals surface area contributed by atoms with Crippen LogP contribution >= 0.6 is 0 Å². The molecule has 0 saturated heterocycles. The Balaban J connectivity index is 4.07. The lowest BCUT2D eigenvalue weighted by Gasteiger charge is -2.18. The van der Waals surface area contributed by atoms with Gasteiger partial charge in [-0.15, -0.1) is 0 Å². The third kappa shape index (κ3) is 12.0. The standard InChI is InChI=1S/C18H34O7/c1-7-9-21-13(3)11-23-15(5)17(19)25-18(20)16(6)24-12-14(4)22-10-8-2/h13-16H,7-12H2,1-6H3. The van der Waals surface area contributed by atoms with Crippen LogP contribution in [-0.2, 0) is 33.3 Å². The molecule has 0 aromatic heterocycles. The molecule has 0 N–H and O–H groups in total. The molecule has 0 fully saturated rings. The summed E-state index contributed by atoms with van der Waals surface area (Å²) >= 11 is 0. The summed E-state index contributed by atoms with van der Waals surface area (Å²) in [6.45, 7) is 12.6. The summed E-state index contributed by atoms with van der Waals surface area (Å²) in [6.07, 6.45) is -0.130. The fourth-order valence-electron chi connectivity index (χ4n) is 1.70. The smallest absolute Gasteiger partial charge is 0.342 e. The van der Waals surface area contributed by atoms with Gasteiger partial charge >= 0.3 is 11.9 Å². The van der Waals surface area contributed by atoms with E-state index in [9.17, 15) is 9.59 Å². The van der Waals surface area contributed by atoms with Crippen LogP contribution in [0.2, 0.25) is 0 Å². The predicted molar refractivity (Wildman–Crippen MR) is 93.3 cm³/mol. The van der Waals surface area contributed by atoms with Crippen LogP contribution in [0.25, 0.3) is 0 Å². The second-order valence-corrected chi connectivity index (χ2v) is 6.05. The first-order valence-electron chi connectivity index (χ1n) is 9.03. The summed E-state index contributed by atoms with van der Waals surface area (Å²) in [5.74, 6) is -1.48. The quantitative estimate of drug-likeness (QED) is 0.347. The van der Waals surface area contributed by atoms with Gasteiger partial charge in [-0.05, 0) is 40.5 Å². The molecule has 0 aromatic carbocycles. The largest absolute Gasteiger partial charge is 0.389 e. The molecule has 148 valence electrons. The lowest BCUT2D eigenvalue weighted by Crippen LogP contribution is -2.34. The molecule has 0 saturated carbocycles. The number of carbonyl (C=O) groups excluding carboxylic acids is 2. The Morgan fingerprint density at radius 2 is 1.04 bits per heavy atom. The highest BCUT2D eigenvalue weighted by Gasteiger charge is 2.24. The molecule has 0 heterocycles. The lowest BCUT2D eigenvalue weighted by molar-refractivity contribution is -0.176. The zero-order valence-corrected chi connectivity index (χ0v) is 16.4. The monoisotopic (exact) mass is 362 g/mol. The molecule has 0 amide bonds. The van der Waals surface area contributed by atoms with Crippen molar-refractivity contribution in [2.24, 2.45) is 0 Å². The molecule has 7 heteroatoms. The minimum Gasteiger partial charge on any atom is -0.389 e. The van der Waals surface area contributed by atoms with Gasteiger partial charge < -0.3 is 23.7 Å². The van der Waals surface area contributed by atoms with Crippen molar-refractivity contribution in [3.8, 4) is 0 Å². The average Bonchev–Trinajstić information content (AvgIpc) is 2.60. The van der Waals surface area contributed by atoms with Gasteiger partial charge in [-0.1, -0.05) is 13.8 Å². The highest BCUT2D eigenvalue weighted by Crippen LogP contribution is 2.04. The zero-order valence-electron chi connectivity index (χ0n) is 16.4. The molecular weight excluding hydrogens is 328 g/mol. The lowest BCUT2D eigenvalue weighted by atomic mass is 10.3. The van der Waals surface area contributed by atoms with E-state index in [1.54, 1.807) is 0 Å². The molecule has 25 heavy (non-hydrogen) atoms. The van der Waals surface area contributed by atoms with Gasteiger partial charge in [0.2, 0.25) is 0 Å². The number of esters is 2. The van der Waals surface area contributed by atoms with E-state index in [4.69, 9.17) is 23.7 Å². The Hall–Kier alpha value is -1.02. The molecule has 7 nitrogen and oxygen atoms in total. The molecule has 0 rings (SSSR count). The van der Waals surface area contributed by atoms with Crippen molar-refractivity contribution < 1.29 is 33.3 Å². The molecule has 0 aromatic rings. The number of hydrogen-bond acceptors (Lipinski definition) is 7. The fourth-order valence-corrected chi connectivity index (χ4v) is 1.70. The average molecular weight is 362 g/mol. The van der Waals surface area contributed by atoms with Crippen LogP contribution in [-0.4, -0.2) is 62.8 Å². The van der Waals surface area contributed by atoms with Crippen molar-refractivity contribution in [2.45, 2.75) is 78.8 Å².